The quantitative estimate of drug-likeness (QED) is 0.155. The molecule has 1 atom stereocenters. The fourth-order valence-corrected chi connectivity index (χ4v) is 7.16. The van der Waals surface area contributed by atoms with Gasteiger partial charge in [-0.2, -0.15) is 5.26 Å². The standard InChI is InChI=1S/C50H35N7/c1-57-49(37-23-12-5-13-24-37)55-47(36-21-10-4-11-22-36)56-50(57)43-28-15-14-27-42(43)44-32-39(29-30-41(44)33-51)38-25-16-26-40(31-38)48-53-45(34-17-6-2-7-18-34)52-46(54-48)35-19-8-3-9-20-35/h2-32,49H,1H3. The molecule has 0 fully saturated rings. The van der Waals surface area contributed by atoms with Crippen molar-refractivity contribution in [3.8, 4) is 62.5 Å². The van der Waals surface area contributed by atoms with E-state index in [9.17, 15) is 5.26 Å². The number of nitrogens with zero attached hydrogens (tertiary/aromatic N) is 7. The molecule has 7 aromatic carbocycles. The Hall–Kier alpha value is -7.82. The van der Waals surface area contributed by atoms with Gasteiger partial charge in [-0.05, 0) is 40.5 Å². The van der Waals surface area contributed by atoms with Gasteiger partial charge in [0, 0.05) is 40.4 Å². The summed E-state index contributed by atoms with van der Waals surface area (Å²) in [7, 11) is 2.03. The van der Waals surface area contributed by atoms with Crippen LogP contribution >= 0.6 is 0 Å². The van der Waals surface area contributed by atoms with E-state index in [-0.39, 0.29) is 6.17 Å². The molecule has 1 aromatic heterocycles. The van der Waals surface area contributed by atoms with Gasteiger partial charge in [-0.25, -0.2) is 24.9 Å². The summed E-state index contributed by atoms with van der Waals surface area (Å²) < 4.78 is 0. The monoisotopic (exact) mass is 733 g/mol. The Morgan fingerprint density at radius 2 is 0.947 bits per heavy atom. The molecule has 2 heterocycles. The van der Waals surface area contributed by atoms with Crippen LogP contribution in [0.25, 0.3) is 56.4 Å². The average Bonchev–Trinajstić information content (AvgIpc) is 3.30. The first-order valence-electron chi connectivity index (χ1n) is 18.7. The minimum absolute atomic E-state index is 0.299. The van der Waals surface area contributed by atoms with Crippen molar-refractivity contribution in [3.05, 3.63) is 210 Å². The zero-order valence-corrected chi connectivity index (χ0v) is 31.1. The predicted molar refractivity (Wildman–Crippen MR) is 228 cm³/mol. The van der Waals surface area contributed by atoms with Crippen molar-refractivity contribution in [3.63, 3.8) is 0 Å². The van der Waals surface area contributed by atoms with Crippen LogP contribution in [0.15, 0.2) is 198 Å². The fourth-order valence-electron chi connectivity index (χ4n) is 7.16. The summed E-state index contributed by atoms with van der Waals surface area (Å²) in [6.45, 7) is 0. The number of aromatic nitrogens is 3. The number of aliphatic imine (C=N–C) groups is 2. The Morgan fingerprint density at radius 1 is 0.456 bits per heavy atom. The number of nitriles is 1. The summed E-state index contributed by atoms with van der Waals surface area (Å²) in [5.74, 6) is 3.21. The van der Waals surface area contributed by atoms with Crippen LogP contribution in [0.4, 0.5) is 0 Å². The van der Waals surface area contributed by atoms with Gasteiger partial charge in [-0.15, -0.1) is 0 Å². The molecule has 57 heavy (non-hydrogen) atoms. The number of amidine groups is 2. The highest BCUT2D eigenvalue weighted by atomic mass is 15.3. The summed E-state index contributed by atoms with van der Waals surface area (Å²) >= 11 is 0. The van der Waals surface area contributed by atoms with E-state index in [2.05, 4.69) is 53.4 Å². The van der Waals surface area contributed by atoms with Gasteiger partial charge in [0.05, 0.1) is 11.6 Å². The van der Waals surface area contributed by atoms with Gasteiger partial charge in [0.1, 0.15) is 12.0 Å². The fraction of sp³-hybridized carbons (Fsp3) is 0.0400. The van der Waals surface area contributed by atoms with Crippen molar-refractivity contribution < 1.29 is 0 Å². The van der Waals surface area contributed by atoms with Crippen LogP contribution in [0.5, 0.6) is 0 Å². The molecule has 0 saturated carbocycles. The molecule has 1 aliphatic rings. The second kappa shape index (κ2) is 15.5. The first kappa shape index (κ1) is 34.9. The summed E-state index contributed by atoms with van der Waals surface area (Å²) in [5.41, 5.74) is 9.77. The lowest BCUT2D eigenvalue weighted by atomic mass is 9.91. The third-order valence-corrected chi connectivity index (χ3v) is 10.0. The Balaban J connectivity index is 1.14. The van der Waals surface area contributed by atoms with E-state index in [1.165, 1.54) is 0 Å². The zero-order chi connectivity index (χ0) is 38.6. The lowest BCUT2D eigenvalue weighted by molar-refractivity contribution is 0.383. The maximum atomic E-state index is 10.5. The Bertz CT molecular complexity index is 2750. The molecule has 0 radical (unpaired) electrons. The molecule has 1 unspecified atom stereocenters. The Kier molecular flexibility index (Phi) is 9.50. The van der Waals surface area contributed by atoms with Crippen molar-refractivity contribution in [2.75, 3.05) is 7.05 Å². The van der Waals surface area contributed by atoms with E-state index >= 15 is 0 Å². The van der Waals surface area contributed by atoms with Crippen LogP contribution in [0, 0.1) is 11.3 Å². The van der Waals surface area contributed by atoms with Crippen molar-refractivity contribution >= 4 is 11.7 Å². The third-order valence-electron chi connectivity index (χ3n) is 10.0. The first-order valence-corrected chi connectivity index (χ1v) is 18.7. The normalized spacial score (nSPS) is 13.7. The highest BCUT2D eigenvalue weighted by Gasteiger charge is 2.28. The molecule has 0 bridgehead atoms. The van der Waals surface area contributed by atoms with E-state index in [0.29, 0.717) is 28.9 Å². The summed E-state index contributed by atoms with van der Waals surface area (Å²) in [4.78, 5) is 27.2. The molecule has 0 saturated heterocycles. The smallest absolute Gasteiger partial charge is 0.164 e. The first-order chi connectivity index (χ1) is 28.1. The van der Waals surface area contributed by atoms with Crippen molar-refractivity contribution in [2.24, 2.45) is 9.98 Å². The molecule has 0 spiro atoms. The van der Waals surface area contributed by atoms with Gasteiger partial charge in [0.15, 0.2) is 23.3 Å². The molecule has 0 N–H and O–H groups in total. The highest BCUT2D eigenvalue weighted by molar-refractivity contribution is 6.15. The summed E-state index contributed by atoms with van der Waals surface area (Å²) in [6.07, 6.45) is -0.299. The minimum atomic E-state index is -0.299. The number of rotatable bonds is 8. The maximum absolute atomic E-state index is 10.5. The second-order valence-electron chi connectivity index (χ2n) is 13.7. The highest BCUT2D eigenvalue weighted by Crippen LogP contribution is 2.36. The second-order valence-corrected chi connectivity index (χ2v) is 13.7. The molecular formula is C50H35N7. The lowest BCUT2D eigenvalue weighted by Gasteiger charge is -2.33. The number of benzene rings is 7. The van der Waals surface area contributed by atoms with Crippen molar-refractivity contribution in [1.82, 2.24) is 19.9 Å². The van der Waals surface area contributed by atoms with Crippen LogP contribution < -0.4 is 0 Å². The molecule has 1 aliphatic heterocycles. The zero-order valence-electron chi connectivity index (χ0n) is 31.1. The van der Waals surface area contributed by atoms with E-state index in [1.807, 2.05) is 153 Å². The van der Waals surface area contributed by atoms with Crippen molar-refractivity contribution in [2.45, 2.75) is 6.17 Å². The minimum Gasteiger partial charge on any atom is -0.333 e. The largest absolute Gasteiger partial charge is 0.333 e. The van der Waals surface area contributed by atoms with E-state index in [4.69, 9.17) is 24.9 Å². The van der Waals surface area contributed by atoms with Crippen LogP contribution in [-0.2, 0) is 0 Å². The van der Waals surface area contributed by atoms with Gasteiger partial charge < -0.3 is 4.90 Å². The topological polar surface area (TPSA) is 90.4 Å². The number of hydrogen-bond acceptors (Lipinski definition) is 7. The van der Waals surface area contributed by atoms with Gasteiger partial charge in [0.25, 0.3) is 0 Å². The molecule has 7 heteroatoms. The van der Waals surface area contributed by atoms with Crippen molar-refractivity contribution in [1.29, 1.82) is 5.26 Å². The van der Waals surface area contributed by atoms with Gasteiger partial charge >= 0.3 is 0 Å². The van der Waals surface area contributed by atoms with Gasteiger partial charge in [0.2, 0.25) is 0 Å². The summed E-state index contributed by atoms with van der Waals surface area (Å²) in [6, 6.07) is 65.1. The summed E-state index contributed by atoms with van der Waals surface area (Å²) in [5, 5.41) is 10.5. The van der Waals surface area contributed by atoms with Crippen LogP contribution in [0.3, 0.4) is 0 Å². The van der Waals surface area contributed by atoms with Crippen LogP contribution in [0.2, 0.25) is 0 Å². The molecular weight excluding hydrogens is 699 g/mol. The molecule has 0 amide bonds. The predicted octanol–water partition coefficient (Wildman–Crippen LogP) is 10.9. The molecule has 7 nitrogen and oxygen atoms in total. The van der Waals surface area contributed by atoms with Gasteiger partial charge in [-0.3, -0.25) is 0 Å². The Labute approximate surface area is 331 Å². The van der Waals surface area contributed by atoms with Crippen LogP contribution in [0.1, 0.15) is 28.4 Å². The molecule has 270 valence electrons. The van der Waals surface area contributed by atoms with Crippen LogP contribution in [-0.4, -0.2) is 38.6 Å². The lowest BCUT2D eigenvalue weighted by Crippen LogP contribution is -2.36. The maximum Gasteiger partial charge on any atom is 0.164 e. The van der Waals surface area contributed by atoms with E-state index < -0.39 is 0 Å². The SMILES string of the molecule is CN1C(c2ccccc2-c2cc(-c3cccc(-c4nc(-c5ccccc5)nc(-c5ccccc5)n4)c3)ccc2C#N)=NC(c2ccccc2)=NC1c1ccccc1. The average molecular weight is 734 g/mol. The Morgan fingerprint density at radius 3 is 1.56 bits per heavy atom. The number of hydrogen-bond donors (Lipinski definition) is 0. The van der Waals surface area contributed by atoms with E-state index in [1.54, 1.807) is 0 Å². The third kappa shape index (κ3) is 7.11. The molecule has 8 aromatic rings. The molecule has 9 rings (SSSR count). The van der Waals surface area contributed by atoms with E-state index in [0.717, 1.165) is 61.5 Å². The molecule has 0 aliphatic carbocycles. The van der Waals surface area contributed by atoms with Gasteiger partial charge in [-0.1, -0.05) is 170 Å².